The molecular formula is C21H23F2IN4O2. The third-order valence-electron chi connectivity index (χ3n) is 3.90. The zero-order chi connectivity index (χ0) is 20.5. The SMILES string of the molecule is CCNC(=NCc1cccc(OC(F)F)c1)NCc1coc(-c2ccccc2)n1.I. The van der Waals surface area contributed by atoms with Crippen LogP contribution < -0.4 is 15.4 Å². The molecule has 3 aromatic rings. The third kappa shape index (κ3) is 7.29. The fourth-order valence-corrected chi connectivity index (χ4v) is 2.61. The van der Waals surface area contributed by atoms with Crippen LogP contribution in [0.3, 0.4) is 0 Å². The van der Waals surface area contributed by atoms with Gasteiger partial charge in [-0.2, -0.15) is 8.78 Å². The summed E-state index contributed by atoms with van der Waals surface area (Å²) in [5.41, 5.74) is 2.40. The van der Waals surface area contributed by atoms with E-state index in [-0.39, 0.29) is 29.7 Å². The Morgan fingerprint density at radius 2 is 1.93 bits per heavy atom. The van der Waals surface area contributed by atoms with Gasteiger partial charge in [-0.05, 0) is 36.8 Å². The van der Waals surface area contributed by atoms with E-state index in [4.69, 9.17) is 4.42 Å². The second-order valence-corrected chi connectivity index (χ2v) is 6.08. The number of hydrogen-bond acceptors (Lipinski definition) is 4. The zero-order valence-corrected chi connectivity index (χ0v) is 18.7. The first-order valence-corrected chi connectivity index (χ1v) is 9.20. The number of oxazole rings is 1. The van der Waals surface area contributed by atoms with Crippen molar-refractivity contribution >= 4 is 29.9 Å². The Labute approximate surface area is 190 Å². The molecule has 0 bridgehead atoms. The average Bonchev–Trinajstić information content (AvgIpc) is 3.20. The van der Waals surface area contributed by atoms with Gasteiger partial charge < -0.3 is 19.8 Å². The summed E-state index contributed by atoms with van der Waals surface area (Å²) >= 11 is 0. The first kappa shape index (κ1) is 23.6. The Kier molecular flexibility index (Phi) is 9.52. The van der Waals surface area contributed by atoms with Gasteiger partial charge in [0.25, 0.3) is 0 Å². The molecule has 30 heavy (non-hydrogen) atoms. The minimum atomic E-state index is -2.85. The number of hydrogen-bond donors (Lipinski definition) is 2. The van der Waals surface area contributed by atoms with Crippen LogP contribution in [0.2, 0.25) is 0 Å². The molecule has 0 fully saturated rings. The molecule has 1 aromatic heterocycles. The van der Waals surface area contributed by atoms with E-state index in [0.717, 1.165) is 16.8 Å². The van der Waals surface area contributed by atoms with Gasteiger partial charge in [0.1, 0.15) is 12.0 Å². The quantitative estimate of drug-likeness (QED) is 0.250. The summed E-state index contributed by atoms with van der Waals surface area (Å²) in [6, 6.07) is 16.1. The lowest BCUT2D eigenvalue weighted by atomic mass is 10.2. The maximum atomic E-state index is 12.4. The van der Waals surface area contributed by atoms with E-state index in [0.29, 0.717) is 31.5 Å². The van der Waals surface area contributed by atoms with Crippen molar-refractivity contribution in [2.24, 2.45) is 4.99 Å². The number of aliphatic imine (C=N–C) groups is 1. The second-order valence-electron chi connectivity index (χ2n) is 6.08. The molecule has 160 valence electrons. The van der Waals surface area contributed by atoms with Gasteiger partial charge in [-0.25, -0.2) is 9.98 Å². The summed E-state index contributed by atoms with van der Waals surface area (Å²) in [5.74, 6) is 1.25. The van der Waals surface area contributed by atoms with Gasteiger partial charge in [0.2, 0.25) is 5.89 Å². The number of nitrogens with zero attached hydrogens (tertiary/aromatic N) is 2. The lowest BCUT2D eigenvalue weighted by Gasteiger charge is -2.10. The van der Waals surface area contributed by atoms with Crippen LogP contribution >= 0.6 is 24.0 Å². The molecule has 9 heteroatoms. The highest BCUT2D eigenvalue weighted by atomic mass is 127. The minimum Gasteiger partial charge on any atom is -0.444 e. The van der Waals surface area contributed by atoms with Crippen LogP contribution in [0.25, 0.3) is 11.5 Å². The van der Waals surface area contributed by atoms with Crippen LogP contribution in [0.4, 0.5) is 8.78 Å². The van der Waals surface area contributed by atoms with Crippen molar-refractivity contribution in [3.8, 4) is 17.2 Å². The van der Waals surface area contributed by atoms with Crippen molar-refractivity contribution in [1.29, 1.82) is 0 Å². The molecule has 2 N–H and O–H groups in total. The van der Waals surface area contributed by atoms with Crippen molar-refractivity contribution in [3.05, 3.63) is 72.1 Å². The Morgan fingerprint density at radius 3 is 2.67 bits per heavy atom. The van der Waals surface area contributed by atoms with Crippen LogP contribution in [0.5, 0.6) is 5.75 Å². The van der Waals surface area contributed by atoms with E-state index < -0.39 is 6.61 Å². The molecule has 0 aliphatic heterocycles. The lowest BCUT2D eigenvalue weighted by molar-refractivity contribution is -0.0498. The molecule has 0 saturated carbocycles. The molecule has 0 spiro atoms. The van der Waals surface area contributed by atoms with Gasteiger partial charge in [-0.1, -0.05) is 30.3 Å². The number of nitrogens with one attached hydrogen (secondary N) is 2. The summed E-state index contributed by atoms with van der Waals surface area (Å²) in [5, 5.41) is 6.32. The third-order valence-corrected chi connectivity index (χ3v) is 3.90. The number of ether oxygens (including phenoxy) is 1. The number of halogens is 3. The van der Waals surface area contributed by atoms with Gasteiger partial charge in [-0.15, -0.1) is 24.0 Å². The van der Waals surface area contributed by atoms with Gasteiger partial charge in [0.15, 0.2) is 5.96 Å². The molecule has 0 amide bonds. The Hall–Kier alpha value is -2.69. The van der Waals surface area contributed by atoms with E-state index in [1.807, 2.05) is 37.3 Å². The summed E-state index contributed by atoms with van der Waals surface area (Å²) in [4.78, 5) is 8.95. The smallest absolute Gasteiger partial charge is 0.387 e. The monoisotopic (exact) mass is 528 g/mol. The number of aromatic nitrogens is 1. The normalized spacial score (nSPS) is 11.1. The highest BCUT2D eigenvalue weighted by molar-refractivity contribution is 14.0. The molecule has 0 aliphatic carbocycles. The molecular weight excluding hydrogens is 505 g/mol. The van der Waals surface area contributed by atoms with Crippen LogP contribution in [0.15, 0.2) is 70.3 Å². The van der Waals surface area contributed by atoms with Crippen LogP contribution in [0.1, 0.15) is 18.2 Å². The first-order valence-electron chi connectivity index (χ1n) is 9.20. The van der Waals surface area contributed by atoms with Crippen LogP contribution in [-0.4, -0.2) is 24.1 Å². The van der Waals surface area contributed by atoms with Crippen LogP contribution in [0, 0.1) is 0 Å². The Balaban J connectivity index is 0.00000320. The molecule has 6 nitrogen and oxygen atoms in total. The Morgan fingerprint density at radius 1 is 1.13 bits per heavy atom. The molecule has 0 atom stereocenters. The average molecular weight is 528 g/mol. The topological polar surface area (TPSA) is 71.7 Å². The fraction of sp³-hybridized carbons (Fsp3) is 0.238. The Bertz CT molecular complexity index is 936. The van der Waals surface area contributed by atoms with Crippen LogP contribution in [-0.2, 0) is 13.1 Å². The second kappa shape index (κ2) is 12.1. The molecule has 0 aliphatic rings. The van der Waals surface area contributed by atoms with Gasteiger partial charge in [0.05, 0.1) is 18.8 Å². The van der Waals surface area contributed by atoms with E-state index >= 15 is 0 Å². The minimum absolute atomic E-state index is 0. The zero-order valence-electron chi connectivity index (χ0n) is 16.3. The van der Waals surface area contributed by atoms with Gasteiger partial charge >= 0.3 is 6.61 Å². The molecule has 0 unspecified atom stereocenters. The standard InChI is InChI=1S/C21H22F2N4O2.HI/c1-2-24-21(25-12-15-7-6-10-18(11-15)29-20(22)23)26-13-17-14-28-19(27-17)16-8-4-3-5-9-16;/h3-11,14,20H,2,12-13H2,1H3,(H2,24,25,26);1H. The van der Waals surface area contributed by atoms with Crippen molar-refractivity contribution in [2.45, 2.75) is 26.6 Å². The van der Waals surface area contributed by atoms with E-state index in [9.17, 15) is 8.78 Å². The molecule has 3 rings (SSSR count). The summed E-state index contributed by atoms with van der Waals surface area (Å²) in [6.07, 6.45) is 1.60. The summed E-state index contributed by atoms with van der Waals surface area (Å²) in [7, 11) is 0. The maximum absolute atomic E-state index is 12.4. The van der Waals surface area contributed by atoms with Crippen molar-refractivity contribution in [1.82, 2.24) is 15.6 Å². The molecule has 0 saturated heterocycles. The number of guanidine groups is 1. The lowest BCUT2D eigenvalue weighted by Crippen LogP contribution is -2.36. The number of alkyl halides is 2. The molecule has 2 aromatic carbocycles. The summed E-state index contributed by atoms with van der Waals surface area (Å²) in [6.45, 7) is 0.517. The summed E-state index contributed by atoms with van der Waals surface area (Å²) < 4.78 is 34.7. The van der Waals surface area contributed by atoms with Crippen molar-refractivity contribution in [3.63, 3.8) is 0 Å². The van der Waals surface area contributed by atoms with E-state index in [2.05, 4.69) is 25.3 Å². The van der Waals surface area contributed by atoms with E-state index in [1.165, 1.54) is 6.07 Å². The largest absolute Gasteiger partial charge is 0.444 e. The molecule has 1 heterocycles. The van der Waals surface area contributed by atoms with Gasteiger partial charge in [-0.3, -0.25) is 0 Å². The van der Waals surface area contributed by atoms with Crippen molar-refractivity contribution < 1.29 is 17.9 Å². The maximum Gasteiger partial charge on any atom is 0.387 e. The predicted molar refractivity (Wildman–Crippen MR) is 122 cm³/mol. The van der Waals surface area contributed by atoms with Gasteiger partial charge in [0, 0.05) is 12.1 Å². The highest BCUT2D eigenvalue weighted by Gasteiger charge is 2.08. The number of rotatable bonds is 8. The predicted octanol–water partition coefficient (Wildman–Crippen LogP) is 4.82. The highest BCUT2D eigenvalue weighted by Crippen LogP contribution is 2.18. The molecule has 0 radical (unpaired) electrons. The fourth-order valence-electron chi connectivity index (χ4n) is 2.61. The first-order chi connectivity index (χ1) is 14.1. The van der Waals surface area contributed by atoms with Crippen molar-refractivity contribution in [2.75, 3.05) is 6.54 Å². The van der Waals surface area contributed by atoms with E-state index in [1.54, 1.807) is 24.5 Å². The number of benzene rings is 2.